The normalized spacial score (nSPS) is 22.5. The first-order valence-corrected chi connectivity index (χ1v) is 7.84. The van der Waals surface area contributed by atoms with Crippen LogP contribution in [0, 0.1) is 0 Å². The number of rotatable bonds is 5. The van der Waals surface area contributed by atoms with Crippen molar-refractivity contribution in [2.45, 2.75) is 31.7 Å². The molecule has 1 aromatic heterocycles. The molecule has 1 aliphatic heterocycles. The monoisotopic (exact) mass is 287 g/mol. The third-order valence-corrected chi connectivity index (χ3v) is 4.63. The molecule has 2 aromatic rings. The Labute approximate surface area is 124 Å². The molecule has 2 atom stereocenters. The van der Waals surface area contributed by atoms with Gasteiger partial charge in [-0.15, -0.1) is 0 Å². The number of piperidine rings is 1. The van der Waals surface area contributed by atoms with E-state index in [4.69, 9.17) is 0 Å². The van der Waals surface area contributed by atoms with E-state index in [1.807, 2.05) is 30.5 Å². The molecule has 3 N–H and O–H groups in total. The quantitative estimate of drug-likeness (QED) is 0.723. The van der Waals surface area contributed by atoms with E-state index < -0.39 is 0 Å². The largest absolute Gasteiger partial charge is 0.396 e. The number of aromatic amines is 1. The van der Waals surface area contributed by atoms with Gasteiger partial charge in [0.2, 0.25) is 5.78 Å². The third-order valence-electron chi connectivity index (χ3n) is 4.63. The highest BCUT2D eigenvalue weighted by Crippen LogP contribution is 2.17. The lowest BCUT2D eigenvalue weighted by atomic mass is 9.98. The van der Waals surface area contributed by atoms with Crippen LogP contribution in [0.25, 0.3) is 10.9 Å². The van der Waals surface area contributed by atoms with Crippen molar-refractivity contribution in [3.05, 3.63) is 36.0 Å². The zero-order chi connectivity index (χ0) is 14.7. The van der Waals surface area contributed by atoms with Gasteiger partial charge >= 0.3 is 0 Å². The first-order chi connectivity index (χ1) is 10.3. The Morgan fingerprint density at radius 2 is 2.19 bits per heavy atom. The number of para-hydroxylation sites is 1. The minimum absolute atomic E-state index is 0.201. The number of aromatic nitrogens is 1. The van der Waals surface area contributed by atoms with Gasteiger partial charge in [0.25, 0.3) is 0 Å². The number of H-pyrrole nitrogens is 1. The van der Waals surface area contributed by atoms with Crippen LogP contribution in [-0.2, 0) is 0 Å². The van der Waals surface area contributed by atoms with Crippen molar-refractivity contribution in [2.75, 3.05) is 19.7 Å². The number of hydrogen-bond donors (Lipinski definition) is 3. The number of carbonyl (C=O) groups is 1. The van der Waals surface area contributed by atoms with Crippen LogP contribution < -0.4 is 4.90 Å². The number of nitrogens with one attached hydrogen (secondary N) is 2. The Hall–Kier alpha value is -1.65. The van der Waals surface area contributed by atoms with Gasteiger partial charge in [-0.1, -0.05) is 18.2 Å². The topological polar surface area (TPSA) is 57.5 Å². The molecule has 112 valence electrons. The Morgan fingerprint density at radius 1 is 1.33 bits per heavy atom. The summed E-state index contributed by atoms with van der Waals surface area (Å²) in [4.78, 5) is 17.1. The maximum absolute atomic E-state index is 12.6. The summed E-state index contributed by atoms with van der Waals surface area (Å²) in [5.74, 6) is 0.201. The number of fused-ring (bicyclic) bond motifs is 1. The minimum Gasteiger partial charge on any atom is -0.396 e. The minimum atomic E-state index is 0.201. The van der Waals surface area contributed by atoms with E-state index in [9.17, 15) is 9.90 Å². The first-order valence-electron chi connectivity index (χ1n) is 7.84. The molecule has 0 spiro atoms. The van der Waals surface area contributed by atoms with Gasteiger partial charge in [0.15, 0.2) is 0 Å². The van der Waals surface area contributed by atoms with Crippen LogP contribution in [0.1, 0.15) is 36.0 Å². The maximum atomic E-state index is 12.6. The van der Waals surface area contributed by atoms with Gasteiger partial charge in [-0.25, -0.2) is 0 Å². The number of aliphatic hydroxyl groups is 1. The van der Waals surface area contributed by atoms with E-state index in [0.717, 1.165) is 35.9 Å². The molecular formula is C17H23N2O2+. The smallest absolute Gasteiger partial charge is 0.219 e. The summed E-state index contributed by atoms with van der Waals surface area (Å²) in [6.45, 7) is 1.79. The van der Waals surface area contributed by atoms with Crippen molar-refractivity contribution in [3.8, 4) is 0 Å². The highest BCUT2D eigenvalue weighted by Gasteiger charge is 2.28. The average molecular weight is 287 g/mol. The van der Waals surface area contributed by atoms with E-state index in [1.54, 1.807) is 0 Å². The Morgan fingerprint density at radius 3 is 3.05 bits per heavy atom. The number of hydrogen-bond acceptors (Lipinski definition) is 2. The molecule has 1 aliphatic rings. The number of benzene rings is 1. The van der Waals surface area contributed by atoms with Crippen molar-refractivity contribution in [2.24, 2.45) is 0 Å². The lowest BCUT2D eigenvalue weighted by molar-refractivity contribution is -0.923. The predicted molar refractivity (Wildman–Crippen MR) is 82.7 cm³/mol. The van der Waals surface area contributed by atoms with Gasteiger partial charge < -0.3 is 15.0 Å². The molecule has 0 saturated carbocycles. The molecule has 0 radical (unpaired) electrons. The van der Waals surface area contributed by atoms with Crippen LogP contribution in [0.4, 0.5) is 0 Å². The van der Waals surface area contributed by atoms with Gasteiger partial charge in [-0.3, -0.25) is 4.79 Å². The van der Waals surface area contributed by atoms with Crippen LogP contribution in [0.15, 0.2) is 30.5 Å². The predicted octanol–water partition coefficient (Wildman–Crippen LogP) is 1.17. The van der Waals surface area contributed by atoms with Crippen molar-refractivity contribution in [1.82, 2.24) is 4.98 Å². The van der Waals surface area contributed by atoms with E-state index >= 15 is 0 Å². The van der Waals surface area contributed by atoms with Crippen molar-refractivity contribution in [1.29, 1.82) is 0 Å². The molecule has 1 fully saturated rings. The lowest BCUT2D eigenvalue weighted by Gasteiger charge is -2.31. The summed E-state index contributed by atoms with van der Waals surface area (Å²) in [5.41, 5.74) is 1.81. The van der Waals surface area contributed by atoms with Gasteiger partial charge in [0, 0.05) is 35.7 Å². The van der Waals surface area contributed by atoms with Crippen LogP contribution in [0.2, 0.25) is 0 Å². The number of ketones is 1. The number of carbonyl (C=O) groups excluding carboxylic acids is 1. The van der Waals surface area contributed by atoms with Crippen molar-refractivity contribution in [3.63, 3.8) is 0 Å². The van der Waals surface area contributed by atoms with Crippen LogP contribution in [0.5, 0.6) is 0 Å². The Kier molecular flexibility index (Phi) is 4.36. The molecule has 4 heteroatoms. The second-order valence-electron chi connectivity index (χ2n) is 5.96. The molecule has 1 saturated heterocycles. The number of Topliss-reactive ketones (excluding diaryl/α,β-unsaturated/α-hetero) is 1. The van der Waals surface area contributed by atoms with Crippen LogP contribution in [0.3, 0.4) is 0 Å². The molecule has 1 aromatic carbocycles. The zero-order valence-corrected chi connectivity index (χ0v) is 12.3. The van der Waals surface area contributed by atoms with Gasteiger partial charge in [-0.2, -0.15) is 0 Å². The highest BCUT2D eigenvalue weighted by molar-refractivity contribution is 6.08. The molecule has 0 amide bonds. The van der Waals surface area contributed by atoms with Crippen LogP contribution in [-0.4, -0.2) is 41.6 Å². The fourth-order valence-electron chi connectivity index (χ4n) is 3.49. The SMILES string of the molecule is O=C(C[NH+]1CCCC[C@H]1CCO)c1c[nH]c2ccccc12. The Balaban J connectivity index is 1.76. The van der Waals surface area contributed by atoms with Gasteiger partial charge in [0.1, 0.15) is 6.54 Å². The summed E-state index contributed by atoms with van der Waals surface area (Å²) in [7, 11) is 0. The molecule has 4 nitrogen and oxygen atoms in total. The molecule has 0 aliphatic carbocycles. The second kappa shape index (κ2) is 6.41. The molecule has 3 rings (SSSR count). The average Bonchev–Trinajstić information content (AvgIpc) is 2.93. The fraction of sp³-hybridized carbons (Fsp3) is 0.471. The summed E-state index contributed by atoms with van der Waals surface area (Å²) in [6, 6.07) is 8.36. The molecule has 21 heavy (non-hydrogen) atoms. The van der Waals surface area contributed by atoms with Gasteiger partial charge in [-0.05, 0) is 25.3 Å². The van der Waals surface area contributed by atoms with Crippen molar-refractivity contribution >= 4 is 16.7 Å². The number of likely N-dealkylation sites (tertiary alicyclic amines) is 1. The summed E-state index contributed by atoms with van der Waals surface area (Å²) in [5, 5.41) is 10.2. The molecule has 2 heterocycles. The molecular weight excluding hydrogens is 264 g/mol. The lowest BCUT2D eigenvalue weighted by Crippen LogP contribution is -3.17. The third kappa shape index (κ3) is 3.01. The Bertz CT molecular complexity index is 618. The highest BCUT2D eigenvalue weighted by atomic mass is 16.3. The van der Waals surface area contributed by atoms with E-state index in [1.165, 1.54) is 17.7 Å². The summed E-state index contributed by atoms with van der Waals surface area (Å²) in [6.07, 6.45) is 6.15. The molecule has 1 unspecified atom stereocenters. The zero-order valence-electron chi connectivity index (χ0n) is 12.3. The number of quaternary nitrogens is 1. The second-order valence-corrected chi connectivity index (χ2v) is 5.96. The van der Waals surface area contributed by atoms with Crippen LogP contribution >= 0.6 is 0 Å². The van der Waals surface area contributed by atoms with Crippen molar-refractivity contribution < 1.29 is 14.8 Å². The van der Waals surface area contributed by atoms with Gasteiger partial charge in [0.05, 0.1) is 12.6 Å². The van der Waals surface area contributed by atoms with E-state index in [0.29, 0.717) is 12.6 Å². The first kappa shape index (κ1) is 14.3. The fourth-order valence-corrected chi connectivity index (χ4v) is 3.49. The standard InChI is InChI=1S/C17H22N2O2/c20-10-8-13-5-3-4-9-19(13)12-17(21)15-11-18-16-7-2-1-6-14(15)16/h1-2,6-7,11,13,18,20H,3-5,8-10,12H2/p+1/t13-/m0/s1. The summed E-state index contributed by atoms with van der Waals surface area (Å²) >= 11 is 0. The molecule has 0 bridgehead atoms. The number of aliphatic hydroxyl groups excluding tert-OH is 1. The maximum Gasteiger partial charge on any atom is 0.219 e. The van der Waals surface area contributed by atoms with E-state index in [2.05, 4.69) is 4.98 Å². The van der Waals surface area contributed by atoms with E-state index in [-0.39, 0.29) is 12.4 Å². The summed E-state index contributed by atoms with van der Waals surface area (Å²) < 4.78 is 0.